The first-order valence-corrected chi connectivity index (χ1v) is 8.35. The number of anilines is 1. The maximum atomic E-state index is 12.4. The van der Waals surface area contributed by atoms with Gasteiger partial charge < -0.3 is 9.88 Å². The molecule has 0 aliphatic rings. The predicted molar refractivity (Wildman–Crippen MR) is 94.8 cm³/mol. The van der Waals surface area contributed by atoms with Crippen molar-refractivity contribution in [2.45, 2.75) is 44.6 Å². The minimum Gasteiger partial charge on any atom is -0.325 e. The average molecular weight is 330 g/mol. The van der Waals surface area contributed by atoms with Crippen LogP contribution in [0.25, 0.3) is 0 Å². The number of carbonyl (C=O) groups excluding carboxylic acids is 1. The summed E-state index contributed by atoms with van der Waals surface area (Å²) in [5.41, 5.74) is 3.02. The van der Waals surface area contributed by atoms with Crippen LogP contribution < -0.4 is 5.32 Å². The third-order valence-corrected chi connectivity index (χ3v) is 4.60. The van der Waals surface area contributed by atoms with E-state index < -0.39 is 0 Å². The zero-order valence-corrected chi connectivity index (χ0v) is 14.8. The van der Waals surface area contributed by atoms with Gasteiger partial charge in [0.1, 0.15) is 5.82 Å². The molecule has 0 aliphatic heterocycles. The first-order valence-electron chi connectivity index (χ1n) is 7.48. The van der Waals surface area contributed by atoms with E-state index in [9.17, 15) is 4.79 Å². The van der Waals surface area contributed by atoms with Gasteiger partial charge in [0.25, 0.3) is 0 Å². The number of allylic oxidation sites excluding steroid dienone is 1. The highest BCUT2D eigenvalue weighted by Gasteiger charge is 2.19. The molecule has 23 heavy (non-hydrogen) atoms. The van der Waals surface area contributed by atoms with Gasteiger partial charge in [0, 0.05) is 12.2 Å². The molecule has 0 radical (unpaired) electrons. The normalized spacial score (nSPS) is 12.0. The van der Waals surface area contributed by atoms with Crippen molar-refractivity contribution in [3.05, 3.63) is 47.8 Å². The number of hydrogen-bond acceptors (Lipinski definition) is 4. The van der Waals surface area contributed by atoms with E-state index in [1.54, 1.807) is 6.08 Å². The third kappa shape index (κ3) is 4.22. The molecule has 1 unspecified atom stereocenters. The Balaban J connectivity index is 2.08. The molecule has 1 aromatic carbocycles. The van der Waals surface area contributed by atoms with Gasteiger partial charge in [-0.2, -0.15) is 0 Å². The molecule has 0 fully saturated rings. The van der Waals surface area contributed by atoms with Crippen molar-refractivity contribution in [1.82, 2.24) is 14.8 Å². The minimum absolute atomic E-state index is 0.0468. The Morgan fingerprint density at radius 2 is 2.13 bits per heavy atom. The SMILES string of the molecule is C=CCn1c(C)nnc1SC(C)C(=O)Nc1cc(C)ccc1C. The van der Waals surface area contributed by atoms with Gasteiger partial charge in [-0.3, -0.25) is 4.79 Å². The van der Waals surface area contributed by atoms with Crippen molar-refractivity contribution in [3.63, 3.8) is 0 Å². The molecule has 1 aromatic heterocycles. The Morgan fingerprint density at radius 3 is 2.83 bits per heavy atom. The summed E-state index contributed by atoms with van der Waals surface area (Å²) in [6, 6.07) is 6.02. The Hall–Kier alpha value is -2.08. The summed E-state index contributed by atoms with van der Waals surface area (Å²) < 4.78 is 1.94. The molecule has 6 heteroatoms. The van der Waals surface area contributed by atoms with E-state index in [-0.39, 0.29) is 11.2 Å². The van der Waals surface area contributed by atoms with Gasteiger partial charge in [0.15, 0.2) is 5.16 Å². The largest absolute Gasteiger partial charge is 0.325 e. The topological polar surface area (TPSA) is 59.8 Å². The monoisotopic (exact) mass is 330 g/mol. The number of amides is 1. The molecular formula is C17H22N4OS. The molecule has 2 aromatic rings. The van der Waals surface area contributed by atoms with Crippen molar-refractivity contribution in [3.8, 4) is 0 Å². The van der Waals surface area contributed by atoms with E-state index in [2.05, 4.69) is 22.1 Å². The summed E-state index contributed by atoms with van der Waals surface area (Å²) in [5.74, 6) is 0.768. The highest BCUT2D eigenvalue weighted by Crippen LogP contribution is 2.24. The van der Waals surface area contributed by atoms with Crippen LogP contribution in [0.3, 0.4) is 0 Å². The molecule has 0 saturated carbocycles. The number of aryl methyl sites for hydroxylation is 3. The summed E-state index contributed by atoms with van der Waals surface area (Å²) in [6.07, 6.45) is 1.79. The van der Waals surface area contributed by atoms with E-state index >= 15 is 0 Å². The number of nitrogens with one attached hydrogen (secondary N) is 1. The van der Waals surface area contributed by atoms with Gasteiger partial charge in [-0.1, -0.05) is 30.0 Å². The highest BCUT2D eigenvalue weighted by molar-refractivity contribution is 8.00. The fourth-order valence-electron chi connectivity index (χ4n) is 2.10. The molecule has 0 aliphatic carbocycles. The first-order chi connectivity index (χ1) is 10.9. The lowest BCUT2D eigenvalue weighted by Gasteiger charge is -2.14. The molecule has 1 atom stereocenters. The van der Waals surface area contributed by atoms with E-state index in [4.69, 9.17) is 0 Å². The van der Waals surface area contributed by atoms with Crippen LogP contribution in [0.2, 0.25) is 0 Å². The smallest absolute Gasteiger partial charge is 0.237 e. The number of hydrogen-bond donors (Lipinski definition) is 1. The Labute approximate surface area is 141 Å². The quantitative estimate of drug-likeness (QED) is 0.650. The second-order valence-electron chi connectivity index (χ2n) is 5.50. The van der Waals surface area contributed by atoms with Gasteiger partial charge in [-0.25, -0.2) is 0 Å². The summed E-state index contributed by atoms with van der Waals surface area (Å²) in [6.45, 7) is 12.1. The van der Waals surface area contributed by atoms with Crippen LogP contribution in [0.15, 0.2) is 36.0 Å². The number of carbonyl (C=O) groups is 1. The lowest BCUT2D eigenvalue weighted by atomic mass is 10.1. The van der Waals surface area contributed by atoms with Crippen LogP contribution in [-0.4, -0.2) is 25.9 Å². The highest BCUT2D eigenvalue weighted by atomic mass is 32.2. The van der Waals surface area contributed by atoms with Crippen LogP contribution in [0.1, 0.15) is 23.9 Å². The number of benzene rings is 1. The Bertz CT molecular complexity index is 723. The van der Waals surface area contributed by atoms with Crippen LogP contribution in [-0.2, 0) is 11.3 Å². The maximum absolute atomic E-state index is 12.4. The molecule has 1 N–H and O–H groups in total. The molecule has 0 bridgehead atoms. The average Bonchev–Trinajstić information content (AvgIpc) is 2.84. The molecule has 0 saturated heterocycles. The maximum Gasteiger partial charge on any atom is 0.237 e. The second-order valence-corrected chi connectivity index (χ2v) is 6.80. The van der Waals surface area contributed by atoms with Crippen LogP contribution in [0.5, 0.6) is 0 Å². The lowest BCUT2D eigenvalue weighted by Crippen LogP contribution is -2.23. The number of nitrogens with zero attached hydrogens (tertiary/aromatic N) is 3. The summed E-state index contributed by atoms with van der Waals surface area (Å²) in [4.78, 5) is 12.4. The summed E-state index contributed by atoms with van der Waals surface area (Å²) >= 11 is 1.40. The van der Waals surface area contributed by atoms with Crippen molar-refractivity contribution in [2.24, 2.45) is 0 Å². The standard InChI is InChI=1S/C17H22N4OS/c1-6-9-21-14(5)19-20-17(21)23-13(4)16(22)18-15-10-11(2)7-8-12(15)3/h6-8,10,13H,1,9H2,2-5H3,(H,18,22). The first kappa shape index (κ1) is 17.3. The van der Waals surface area contributed by atoms with Gasteiger partial charge in [-0.15, -0.1) is 16.8 Å². The van der Waals surface area contributed by atoms with Crippen molar-refractivity contribution >= 4 is 23.4 Å². The zero-order chi connectivity index (χ0) is 17.0. The fourth-order valence-corrected chi connectivity index (χ4v) is 3.01. The summed E-state index contributed by atoms with van der Waals surface area (Å²) in [5, 5.41) is 11.7. The van der Waals surface area contributed by atoms with Crippen molar-refractivity contribution in [2.75, 3.05) is 5.32 Å². The Kier molecular flexibility index (Phi) is 5.60. The van der Waals surface area contributed by atoms with Gasteiger partial charge in [0.2, 0.25) is 5.91 Å². The Morgan fingerprint density at radius 1 is 1.39 bits per heavy atom. The molecule has 1 amide bonds. The second kappa shape index (κ2) is 7.46. The molecule has 5 nitrogen and oxygen atoms in total. The molecular weight excluding hydrogens is 308 g/mol. The van der Waals surface area contributed by atoms with Crippen LogP contribution >= 0.6 is 11.8 Å². The fraction of sp³-hybridized carbons (Fsp3) is 0.353. The van der Waals surface area contributed by atoms with Gasteiger partial charge in [0.05, 0.1) is 5.25 Å². The number of rotatable bonds is 6. The van der Waals surface area contributed by atoms with E-state index in [0.717, 1.165) is 27.8 Å². The minimum atomic E-state index is -0.276. The number of aromatic nitrogens is 3. The van der Waals surface area contributed by atoms with E-state index in [1.807, 2.05) is 50.5 Å². The molecule has 2 rings (SSSR count). The molecule has 1 heterocycles. The van der Waals surface area contributed by atoms with Gasteiger partial charge in [-0.05, 0) is 44.9 Å². The third-order valence-electron chi connectivity index (χ3n) is 3.52. The molecule has 0 spiro atoms. The van der Waals surface area contributed by atoms with Gasteiger partial charge >= 0.3 is 0 Å². The summed E-state index contributed by atoms with van der Waals surface area (Å²) in [7, 11) is 0. The molecule has 122 valence electrons. The van der Waals surface area contributed by atoms with Crippen molar-refractivity contribution in [1.29, 1.82) is 0 Å². The predicted octanol–water partition coefficient (Wildman–Crippen LogP) is 3.51. The number of thioether (sulfide) groups is 1. The lowest BCUT2D eigenvalue weighted by molar-refractivity contribution is -0.115. The van der Waals surface area contributed by atoms with E-state index in [0.29, 0.717) is 6.54 Å². The van der Waals surface area contributed by atoms with E-state index in [1.165, 1.54) is 11.8 Å². The van der Waals surface area contributed by atoms with Crippen LogP contribution in [0.4, 0.5) is 5.69 Å². The van der Waals surface area contributed by atoms with Crippen LogP contribution in [0, 0.1) is 20.8 Å². The zero-order valence-electron chi connectivity index (χ0n) is 14.0. The van der Waals surface area contributed by atoms with Crippen molar-refractivity contribution < 1.29 is 4.79 Å².